The van der Waals surface area contributed by atoms with Crippen LogP contribution in [0.3, 0.4) is 0 Å². The summed E-state index contributed by atoms with van der Waals surface area (Å²) < 4.78 is 12.5. The third-order valence-corrected chi connectivity index (χ3v) is 4.69. The normalized spacial score (nSPS) is 16.9. The lowest BCUT2D eigenvalue weighted by atomic mass is 10.1. The molecular weight excluding hydrogens is 338 g/mol. The highest BCUT2D eigenvalue weighted by Crippen LogP contribution is 2.32. The maximum Gasteiger partial charge on any atom is 0.231 e. The average Bonchev–Trinajstić information content (AvgIpc) is 3.22. The zero-order valence-electron chi connectivity index (χ0n) is 14.3. The molecule has 1 aromatic carbocycles. The van der Waals surface area contributed by atoms with Gasteiger partial charge in [-0.25, -0.2) is 0 Å². The fraction of sp³-hybridized carbons (Fsp3) is 0.444. The number of aliphatic hydroxyl groups excluding tert-OH is 2. The fourth-order valence-electron chi connectivity index (χ4n) is 3.29. The van der Waals surface area contributed by atoms with Crippen LogP contribution in [0.2, 0.25) is 0 Å². The number of hydrogen-bond acceptors (Lipinski definition) is 6. The van der Waals surface area contributed by atoms with E-state index in [1.54, 1.807) is 11.0 Å². The molecule has 1 amide bonds. The van der Waals surface area contributed by atoms with Crippen LogP contribution in [0, 0.1) is 0 Å². The number of hydrogen-bond donors (Lipinski definition) is 2. The Kier molecular flexibility index (Phi) is 4.52. The Morgan fingerprint density at radius 1 is 1.23 bits per heavy atom. The fourth-order valence-corrected chi connectivity index (χ4v) is 3.29. The summed E-state index contributed by atoms with van der Waals surface area (Å²) in [5.41, 5.74) is 2.19. The van der Waals surface area contributed by atoms with Crippen molar-refractivity contribution in [2.45, 2.75) is 32.0 Å². The molecule has 0 unspecified atom stereocenters. The van der Waals surface area contributed by atoms with Gasteiger partial charge >= 0.3 is 0 Å². The van der Waals surface area contributed by atoms with Gasteiger partial charge in [0.15, 0.2) is 11.5 Å². The second-order valence-electron chi connectivity index (χ2n) is 6.52. The Balaban J connectivity index is 1.47. The molecule has 0 spiro atoms. The number of fused-ring (bicyclic) bond motifs is 2. The van der Waals surface area contributed by atoms with Gasteiger partial charge in [0.05, 0.1) is 31.0 Å². The number of aliphatic hydroxyl groups is 2. The number of benzene rings is 1. The van der Waals surface area contributed by atoms with Crippen molar-refractivity contribution in [3.8, 4) is 11.5 Å². The van der Waals surface area contributed by atoms with Crippen LogP contribution in [0.4, 0.5) is 0 Å². The van der Waals surface area contributed by atoms with Gasteiger partial charge in [0, 0.05) is 13.1 Å². The van der Waals surface area contributed by atoms with Crippen LogP contribution in [-0.2, 0) is 24.3 Å². The Morgan fingerprint density at radius 2 is 2.08 bits per heavy atom. The Bertz CT molecular complexity index is 819. The molecule has 1 aromatic heterocycles. The lowest BCUT2D eigenvalue weighted by Crippen LogP contribution is -2.32. The summed E-state index contributed by atoms with van der Waals surface area (Å²) in [4.78, 5) is 14.6. The van der Waals surface area contributed by atoms with Crippen LogP contribution in [-0.4, -0.2) is 50.7 Å². The molecule has 0 fully saturated rings. The molecule has 0 radical (unpaired) electrons. The largest absolute Gasteiger partial charge is 0.454 e. The van der Waals surface area contributed by atoms with E-state index >= 15 is 0 Å². The maximum atomic E-state index is 12.8. The number of aromatic nitrogens is 2. The number of rotatable bonds is 4. The first kappa shape index (κ1) is 16.9. The molecule has 2 aliphatic rings. The van der Waals surface area contributed by atoms with Crippen molar-refractivity contribution < 1.29 is 24.5 Å². The molecule has 0 saturated heterocycles. The minimum Gasteiger partial charge on any atom is -0.454 e. The van der Waals surface area contributed by atoms with Crippen molar-refractivity contribution >= 4 is 5.91 Å². The first-order chi connectivity index (χ1) is 12.6. The molecule has 2 aliphatic heterocycles. The van der Waals surface area contributed by atoms with Gasteiger partial charge in [-0.15, -0.1) is 0 Å². The van der Waals surface area contributed by atoms with Crippen LogP contribution in [0.15, 0.2) is 24.3 Å². The zero-order chi connectivity index (χ0) is 18.1. The summed E-state index contributed by atoms with van der Waals surface area (Å²) in [6, 6.07) is 7.30. The van der Waals surface area contributed by atoms with Gasteiger partial charge in [-0.3, -0.25) is 9.48 Å². The van der Waals surface area contributed by atoms with E-state index in [0.29, 0.717) is 36.8 Å². The Hall–Kier alpha value is -2.58. The van der Waals surface area contributed by atoms with Gasteiger partial charge in [0.2, 0.25) is 12.7 Å². The highest BCUT2D eigenvalue weighted by molar-refractivity contribution is 5.79. The van der Waals surface area contributed by atoms with Gasteiger partial charge in [0.25, 0.3) is 0 Å². The van der Waals surface area contributed by atoms with Crippen LogP contribution in [0.1, 0.15) is 29.5 Å². The number of carbonyl (C=O) groups is 1. The highest BCUT2D eigenvalue weighted by Gasteiger charge is 2.23. The number of aryl methyl sites for hydroxylation is 1. The first-order valence-electron chi connectivity index (χ1n) is 8.66. The lowest BCUT2D eigenvalue weighted by molar-refractivity contribution is -0.131. The highest BCUT2D eigenvalue weighted by atomic mass is 16.7. The quantitative estimate of drug-likeness (QED) is 0.830. The second-order valence-corrected chi connectivity index (χ2v) is 6.52. The molecule has 8 nitrogen and oxygen atoms in total. The van der Waals surface area contributed by atoms with E-state index < -0.39 is 6.10 Å². The van der Waals surface area contributed by atoms with Crippen molar-refractivity contribution in [3.05, 3.63) is 41.2 Å². The van der Waals surface area contributed by atoms with Crippen molar-refractivity contribution in [3.63, 3.8) is 0 Å². The lowest BCUT2D eigenvalue weighted by Gasteiger charge is -2.20. The molecule has 0 bridgehead atoms. The predicted octanol–water partition coefficient (Wildman–Crippen LogP) is 0.612. The average molecular weight is 359 g/mol. The summed E-state index contributed by atoms with van der Waals surface area (Å²) in [7, 11) is 0. The third-order valence-electron chi connectivity index (χ3n) is 4.69. The van der Waals surface area contributed by atoms with Gasteiger partial charge in [-0.2, -0.15) is 5.10 Å². The summed E-state index contributed by atoms with van der Waals surface area (Å²) in [5, 5.41) is 23.2. The minimum absolute atomic E-state index is 0.0303. The van der Waals surface area contributed by atoms with Gasteiger partial charge in [-0.05, 0) is 30.2 Å². The van der Waals surface area contributed by atoms with Crippen molar-refractivity contribution in [2.24, 2.45) is 0 Å². The monoisotopic (exact) mass is 359 g/mol. The SMILES string of the molecule is O=C(Cc1ccc2c(c1)OCO2)N1CCCn2nc([C@@H](O)CO)cc2C1. The summed E-state index contributed by atoms with van der Waals surface area (Å²) >= 11 is 0. The molecule has 2 N–H and O–H groups in total. The Labute approximate surface area is 150 Å². The molecule has 3 heterocycles. The van der Waals surface area contributed by atoms with E-state index in [4.69, 9.17) is 14.6 Å². The second kappa shape index (κ2) is 6.97. The first-order valence-corrected chi connectivity index (χ1v) is 8.66. The summed E-state index contributed by atoms with van der Waals surface area (Å²) in [6.45, 7) is 1.62. The Morgan fingerprint density at radius 3 is 2.92 bits per heavy atom. The summed E-state index contributed by atoms with van der Waals surface area (Å²) in [5.74, 6) is 1.41. The molecular formula is C18H21N3O5. The molecule has 0 aliphatic carbocycles. The molecule has 8 heteroatoms. The van der Waals surface area contributed by atoms with E-state index in [2.05, 4.69) is 5.10 Å². The maximum absolute atomic E-state index is 12.8. The number of nitrogens with zero attached hydrogens (tertiary/aromatic N) is 3. The molecule has 0 saturated carbocycles. The van der Waals surface area contributed by atoms with Crippen molar-refractivity contribution in [1.82, 2.24) is 14.7 Å². The van der Waals surface area contributed by atoms with Crippen molar-refractivity contribution in [2.75, 3.05) is 19.9 Å². The van der Waals surface area contributed by atoms with Gasteiger partial charge < -0.3 is 24.6 Å². The molecule has 4 rings (SSSR count). The number of carbonyl (C=O) groups excluding carboxylic acids is 1. The minimum atomic E-state index is -0.993. The van der Waals surface area contributed by atoms with E-state index in [1.165, 1.54) is 0 Å². The van der Waals surface area contributed by atoms with Crippen molar-refractivity contribution in [1.29, 1.82) is 0 Å². The van der Waals surface area contributed by atoms with E-state index in [-0.39, 0.29) is 25.7 Å². The van der Waals surface area contributed by atoms with Crippen LogP contribution in [0.5, 0.6) is 11.5 Å². The molecule has 138 valence electrons. The van der Waals surface area contributed by atoms with E-state index in [9.17, 15) is 9.90 Å². The smallest absolute Gasteiger partial charge is 0.231 e. The number of ether oxygens (including phenoxy) is 2. The van der Waals surface area contributed by atoms with Crippen LogP contribution >= 0.6 is 0 Å². The molecule has 26 heavy (non-hydrogen) atoms. The predicted molar refractivity (Wildman–Crippen MR) is 90.6 cm³/mol. The van der Waals surface area contributed by atoms with Gasteiger partial charge in [-0.1, -0.05) is 6.07 Å². The topological polar surface area (TPSA) is 97.1 Å². The molecule has 2 aromatic rings. The standard InChI is InChI=1S/C18H21N3O5/c22-10-15(23)14-8-13-9-20(4-1-5-21(13)19-14)18(24)7-12-2-3-16-17(6-12)26-11-25-16/h2-3,6,8,15,22-23H,1,4-5,7,9-11H2/t15-/m0/s1. The van der Waals surface area contributed by atoms with E-state index in [0.717, 1.165) is 17.7 Å². The van der Waals surface area contributed by atoms with Crippen LogP contribution < -0.4 is 9.47 Å². The molecule has 1 atom stereocenters. The van der Waals surface area contributed by atoms with E-state index in [1.807, 2.05) is 22.9 Å². The van der Waals surface area contributed by atoms with Gasteiger partial charge in [0.1, 0.15) is 6.10 Å². The zero-order valence-corrected chi connectivity index (χ0v) is 14.3. The number of amides is 1. The summed E-state index contributed by atoms with van der Waals surface area (Å²) in [6.07, 6.45) is 0.0832. The van der Waals surface area contributed by atoms with Crippen LogP contribution in [0.25, 0.3) is 0 Å². The third kappa shape index (κ3) is 3.25.